The summed E-state index contributed by atoms with van der Waals surface area (Å²) in [6.07, 6.45) is 1.49. The van der Waals surface area contributed by atoms with Crippen molar-refractivity contribution in [2.75, 3.05) is 0 Å². The number of ether oxygens (including phenoxy) is 1. The molecule has 0 aliphatic rings. The van der Waals surface area contributed by atoms with E-state index in [1.165, 1.54) is 17.8 Å². The van der Waals surface area contributed by atoms with Gasteiger partial charge < -0.3 is 4.74 Å². The first-order valence-electron chi connectivity index (χ1n) is 8.81. The molecule has 0 unspecified atom stereocenters. The number of aromatic nitrogens is 2. The van der Waals surface area contributed by atoms with Crippen molar-refractivity contribution in [2.24, 2.45) is 5.10 Å². The van der Waals surface area contributed by atoms with E-state index >= 15 is 0 Å². The molecule has 1 heterocycles. The van der Waals surface area contributed by atoms with Crippen LogP contribution in [0.3, 0.4) is 0 Å². The molecule has 0 atom stereocenters. The molecule has 0 bridgehead atoms. The first kappa shape index (κ1) is 21.4. The summed E-state index contributed by atoms with van der Waals surface area (Å²) in [7, 11) is 0. The van der Waals surface area contributed by atoms with E-state index in [9.17, 15) is 9.59 Å². The maximum atomic E-state index is 13.2. The zero-order valence-corrected chi connectivity index (χ0v) is 19.5. The number of halogens is 2. The summed E-state index contributed by atoms with van der Waals surface area (Å²) in [5, 5.41) is 4.88. The maximum Gasteiger partial charge on any atom is 0.308 e. The van der Waals surface area contributed by atoms with E-state index < -0.39 is 11.4 Å². The molecule has 8 heteroatoms. The molecule has 0 spiro atoms. The summed E-state index contributed by atoms with van der Waals surface area (Å²) >= 11 is 6.80. The predicted molar refractivity (Wildman–Crippen MR) is 121 cm³/mol. The molecule has 6 nitrogen and oxygen atoms in total. The summed E-state index contributed by atoms with van der Waals surface area (Å²) in [5.74, 6) is 0.440. The van der Waals surface area contributed by atoms with E-state index in [0.717, 1.165) is 8.95 Å². The predicted octanol–water partition coefficient (Wildman–Crippen LogP) is 5.03. The van der Waals surface area contributed by atoms with Crippen LogP contribution in [0.4, 0.5) is 0 Å². The Kier molecular flexibility index (Phi) is 6.05. The Bertz CT molecular complexity index is 1190. The van der Waals surface area contributed by atoms with Crippen molar-refractivity contribution in [1.29, 1.82) is 0 Å². The molecule has 1 aromatic heterocycles. The van der Waals surface area contributed by atoms with Crippen LogP contribution < -0.4 is 10.3 Å². The number of hydrogen-bond acceptors (Lipinski definition) is 5. The number of hydrogen-bond donors (Lipinski definition) is 0. The van der Waals surface area contributed by atoms with Crippen LogP contribution in [0.2, 0.25) is 0 Å². The van der Waals surface area contributed by atoms with Crippen LogP contribution in [0.1, 0.15) is 39.1 Å². The van der Waals surface area contributed by atoms with Gasteiger partial charge >= 0.3 is 5.97 Å². The second kappa shape index (κ2) is 8.20. The highest BCUT2D eigenvalue weighted by Crippen LogP contribution is 2.24. The fourth-order valence-electron chi connectivity index (χ4n) is 2.73. The molecular weight excluding hydrogens is 502 g/mol. The molecule has 0 aliphatic carbocycles. The Morgan fingerprint density at radius 2 is 1.79 bits per heavy atom. The van der Waals surface area contributed by atoms with Gasteiger partial charge in [-0.05, 0) is 36.4 Å². The molecule has 0 fully saturated rings. The molecule has 0 amide bonds. The Morgan fingerprint density at radius 1 is 1.14 bits per heavy atom. The monoisotopic (exact) mass is 519 g/mol. The molecular formula is C21H19Br2N3O3. The normalized spacial score (nSPS) is 11.9. The summed E-state index contributed by atoms with van der Waals surface area (Å²) in [6.45, 7) is 7.23. The standard InChI is InChI=1S/C21H19Br2N3O3/c1-12(27)29-18-8-6-14(22)9-13(18)11-24-26-19(28)16-10-15(23)5-7-17(16)25-20(26)21(2,3)4/h5-11H,1-4H3. The molecule has 0 N–H and O–H groups in total. The van der Waals surface area contributed by atoms with E-state index in [4.69, 9.17) is 4.74 Å². The first-order chi connectivity index (χ1) is 13.6. The number of nitrogens with zero attached hydrogens (tertiary/aromatic N) is 3. The van der Waals surface area contributed by atoms with Gasteiger partial charge in [0.15, 0.2) is 0 Å². The summed E-state index contributed by atoms with van der Waals surface area (Å²) < 4.78 is 8.12. The third-order valence-electron chi connectivity index (χ3n) is 4.02. The minimum atomic E-state index is -0.438. The van der Waals surface area contributed by atoms with Crippen LogP contribution in [0.5, 0.6) is 5.75 Å². The van der Waals surface area contributed by atoms with Crippen LogP contribution in [-0.4, -0.2) is 21.8 Å². The van der Waals surface area contributed by atoms with Crippen molar-refractivity contribution in [3.63, 3.8) is 0 Å². The van der Waals surface area contributed by atoms with Gasteiger partial charge in [-0.25, -0.2) is 4.98 Å². The Morgan fingerprint density at radius 3 is 2.45 bits per heavy atom. The average molecular weight is 521 g/mol. The van der Waals surface area contributed by atoms with E-state index in [1.54, 1.807) is 30.3 Å². The lowest BCUT2D eigenvalue weighted by atomic mass is 9.95. The van der Waals surface area contributed by atoms with Gasteiger partial charge in [0.05, 0.1) is 17.1 Å². The largest absolute Gasteiger partial charge is 0.426 e. The SMILES string of the molecule is CC(=O)Oc1ccc(Br)cc1C=Nn1c(C(C)(C)C)nc2ccc(Br)cc2c1=O. The van der Waals surface area contributed by atoms with Crippen LogP contribution in [0.15, 0.2) is 55.2 Å². The van der Waals surface area contributed by atoms with Crippen molar-refractivity contribution >= 4 is 54.9 Å². The van der Waals surface area contributed by atoms with Crippen molar-refractivity contribution in [3.05, 3.63) is 67.1 Å². The highest BCUT2D eigenvalue weighted by molar-refractivity contribution is 9.10. The van der Waals surface area contributed by atoms with Crippen molar-refractivity contribution in [1.82, 2.24) is 9.66 Å². The number of esters is 1. The molecule has 0 aliphatic heterocycles. The average Bonchev–Trinajstić information content (AvgIpc) is 2.62. The lowest BCUT2D eigenvalue weighted by Gasteiger charge is -2.21. The number of carbonyl (C=O) groups is 1. The fraction of sp³-hybridized carbons (Fsp3) is 0.238. The zero-order chi connectivity index (χ0) is 21.3. The third-order valence-corrected chi connectivity index (χ3v) is 5.00. The van der Waals surface area contributed by atoms with E-state index in [2.05, 4.69) is 41.9 Å². The highest BCUT2D eigenvalue weighted by Gasteiger charge is 2.23. The number of fused-ring (bicyclic) bond motifs is 1. The fourth-order valence-corrected chi connectivity index (χ4v) is 3.47. The molecule has 0 radical (unpaired) electrons. The highest BCUT2D eigenvalue weighted by atomic mass is 79.9. The maximum absolute atomic E-state index is 13.2. The van der Waals surface area contributed by atoms with E-state index in [-0.39, 0.29) is 5.56 Å². The molecule has 29 heavy (non-hydrogen) atoms. The van der Waals surface area contributed by atoms with Crippen molar-refractivity contribution in [3.8, 4) is 5.75 Å². The number of rotatable bonds is 3. The minimum absolute atomic E-state index is 0.276. The Hall–Kier alpha value is -2.32. The zero-order valence-electron chi connectivity index (χ0n) is 16.4. The lowest BCUT2D eigenvalue weighted by molar-refractivity contribution is -0.131. The summed E-state index contributed by atoms with van der Waals surface area (Å²) in [4.78, 5) is 29.3. The number of benzene rings is 2. The molecule has 0 saturated carbocycles. The quantitative estimate of drug-likeness (QED) is 0.276. The van der Waals surface area contributed by atoms with Gasteiger partial charge in [-0.15, -0.1) is 0 Å². The van der Waals surface area contributed by atoms with E-state index in [0.29, 0.717) is 28.0 Å². The smallest absolute Gasteiger partial charge is 0.308 e. The summed E-state index contributed by atoms with van der Waals surface area (Å²) in [6, 6.07) is 10.6. The number of carbonyl (C=O) groups excluding carboxylic acids is 1. The molecule has 3 rings (SSSR count). The summed E-state index contributed by atoms with van der Waals surface area (Å²) in [5.41, 5.74) is 0.461. The minimum Gasteiger partial charge on any atom is -0.426 e. The second-order valence-electron chi connectivity index (χ2n) is 7.48. The second-order valence-corrected chi connectivity index (χ2v) is 9.32. The van der Waals surface area contributed by atoms with Gasteiger partial charge in [0.25, 0.3) is 5.56 Å². The first-order valence-corrected chi connectivity index (χ1v) is 10.4. The molecule has 150 valence electrons. The van der Waals surface area contributed by atoms with Crippen molar-refractivity contribution < 1.29 is 9.53 Å². The van der Waals surface area contributed by atoms with Gasteiger partial charge in [0, 0.05) is 26.8 Å². The third kappa shape index (κ3) is 4.82. The van der Waals surface area contributed by atoms with Crippen LogP contribution in [-0.2, 0) is 10.2 Å². The van der Waals surface area contributed by atoms with Crippen molar-refractivity contribution in [2.45, 2.75) is 33.1 Å². The molecule has 0 saturated heterocycles. The van der Waals surface area contributed by atoms with Crippen LogP contribution >= 0.6 is 31.9 Å². The molecule has 3 aromatic rings. The van der Waals surface area contributed by atoms with Crippen LogP contribution in [0.25, 0.3) is 10.9 Å². The van der Waals surface area contributed by atoms with Crippen LogP contribution in [0, 0.1) is 0 Å². The van der Waals surface area contributed by atoms with Gasteiger partial charge in [-0.3, -0.25) is 9.59 Å². The lowest BCUT2D eigenvalue weighted by Crippen LogP contribution is -2.29. The van der Waals surface area contributed by atoms with E-state index in [1.807, 2.05) is 26.8 Å². The van der Waals surface area contributed by atoms with Gasteiger partial charge in [0.2, 0.25) is 0 Å². The Labute approximate surface area is 184 Å². The van der Waals surface area contributed by atoms with Gasteiger partial charge in [-0.2, -0.15) is 9.78 Å². The topological polar surface area (TPSA) is 73.5 Å². The Balaban J connectivity index is 2.22. The molecule has 2 aromatic carbocycles. The van der Waals surface area contributed by atoms with Gasteiger partial charge in [-0.1, -0.05) is 52.6 Å². The van der Waals surface area contributed by atoms with Gasteiger partial charge in [0.1, 0.15) is 11.6 Å².